The fourth-order valence-electron chi connectivity index (χ4n) is 2.15. The Morgan fingerprint density at radius 3 is 3.11 bits per heavy atom. The first-order chi connectivity index (χ1) is 8.93. The molecule has 1 aromatic carbocycles. The Kier molecular flexibility index (Phi) is 3.28. The Hall–Kier alpha value is -1.81. The van der Waals surface area contributed by atoms with Gasteiger partial charge in [-0.1, -0.05) is 12.1 Å². The standard InChI is InChI=1S/C14H16N2O2/c1-2-6-14(18-10-12-4-3-9-17-12)13(5-1)16-8-7-15-11-16/h1-2,5-8,11-12H,3-4,9-10H2. The molecule has 1 aliphatic rings. The van der Waals surface area contributed by atoms with Crippen molar-refractivity contribution >= 4 is 0 Å². The molecule has 0 amide bonds. The third-order valence-electron chi connectivity index (χ3n) is 3.10. The number of imidazole rings is 1. The van der Waals surface area contributed by atoms with Gasteiger partial charge in [0.25, 0.3) is 0 Å². The lowest BCUT2D eigenvalue weighted by Gasteiger charge is -2.14. The summed E-state index contributed by atoms with van der Waals surface area (Å²) in [6, 6.07) is 7.97. The molecule has 0 spiro atoms. The molecule has 94 valence electrons. The van der Waals surface area contributed by atoms with Crippen molar-refractivity contribution < 1.29 is 9.47 Å². The largest absolute Gasteiger partial charge is 0.489 e. The maximum atomic E-state index is 5.87. The number of hydrogen-bond donors (Lipinski definition) is 0. The molecule has 1 aliphatic heterocycles. The van der Waals surface area contributed by atoms with Crippen molar-refractivity contribution in [2.24, 2.45) is 0 Å². The Morgan fingerprint density at radius 2 is 2.33 bits per heavy atom. The van der Waals surface area contributed by atoms with Gasteiger partial charge in [0.2, 0.25) is 0 Å². The number of hydrogen-bond acceptors (Lipinski definition) is 3. The summed E-state index contributed by atoms with van der Waals surface area (Å²) in [4.78, 5) is 4.06. The first-order valence-corrected chi connectivity index (χ1v) is 6.25. The highest BCUT2D eigenvalue weighted by molar-refractivity contribution is 5.46. The van der Waals surface area contributed by atoms with Crippen LogP contribution >= 0.6 is 0 Å². The number of aromatic nitrogens is 2. The van der Waals surface area contributed by atoms with Crippen LogP contribution in [0.2, 0.25) is 0 Å². The van der Waals surface area contributed by atoms with E-state index in [0.717, 1.165) is 30.9 Å². The number of rotatable bonds is 4. The molecular formula is C14H16N2O2. The third kappa shape index (κ3) is 2.38. The molecule has 1 unspecified atom stereocenters. The number of benzene rings is 1. The predicted molar refractivity (Wildman–Crippen MR) is 68.0 cm³/mol. The molecule has 0 N–H and O–H groups in total. The molecule has 1 atom stereocenters. The van der Waals surface area contributed by atoms with Crippen molar-refractivity contribution in [2.75, 3.05) is 13.2 Å². The summed E-state index contributed by atoms with van der Waals surface area (Å²) in [7, 11) is 0. The van der Waals surface area contributed by atoms with Crippen LogP contribution in [-0.4, -0.2) is 28.9 Å². The van der Waals surface area contributed by atoms with Crippen LogP contribution < -0.4 is 4.74 Å². The second kappa shape index (κ2) is 5.23. The molecule has 0 saturated carbocycles. The zero-order chi connectivity index (χ0) is 12.2. The van der Waals surface area contributed by atoms with Gasteiger partial charge >= 0.3 is 0 Å². The lowest BCUT2D eigenvalue weighted by molar-refractivity contribution is 0.0679. The molecular weight excluding hydrogens is 228 g/mol. The van der Waals surface area contributed by atoms with Crippen LogP contribution in [0, 0.1) is 0 Å². The fraction of sp³-hybridized carbons (Fsp3) is 0.357. The Bertz CT molecular complexity index is 490. The fourth-order valence-corrected chi connectivity index (χ4v) is 2.15. The van der Waals surface area contributed by atoms with E-state index in [0.29, 0.717) is 6.61 Å². The highest BCUT2D eigenvalue weighted by Gasteiger charge is 2.16. The molecule has 1 aromatic heterocycles. The van der Waals surface area contributed by atoms with Gasteiger partial charge < -0.3 is 14.0 Å². The smallest absolute Gasteiger partial charge is 0.143 e. The Morgan fingerprint density at radius 1 is 1.39 bits per heavy atom. The summed E-state index contributed by atoms with van der Waals surface area (Å²) in [5.41, 5.74) is 1.01. The van der Waals surface area contributed by atoms with Gasteiger partial charge in [0.15, 0.2) is 0 Å². The molecule has 3 rings (SSSR count). The van der Waals surface area contributed by atoms with E-state index >= 15 is 0 Å². The first-order valence-electron chi connectivity index (χ1n) is 6.25. The lowest BCUT2D eigenvalue weighted by atomic mass is 10.2. The van der Waals surface area contributed by atoms with Gasteiger partial charge in [-0.05, 0) is 25.0 Å². The predicted octanol–water partition coefficient (Wildman–Crippen LogP) is 2.43. The summed E-state index contributed by atoms with van der Waals surface area (Å²) in [6.45, 7) is 1.48. The molecule has 2 aromatic rings. The highest BCUT2D eigenvalue weighted by Crippen LogP contribution is 2.23. The van der Waals surface area contributed by atoms with Crippen LogP contribution in [0.1, 0.15) is 12.8 Å². The van der Waals surface area contributed by atoms with Crippen LogP contribution in [-0.2, 0) is 4.74 Å². The van der Waals surface area contributed by atoms with Crippen molar-refractivity contribution in [3.8, 4) is 11.4 Å². The van der Waals surface area contributed by atoms with Crippen LogP contribution in [0.5, 0.6) is 5.75 Å². The minimum atomic E-state index is 0.237. The van der Waals surface area contributed by atoms with E-state index in [-0.39, 0.29) is 6.10 Å². The zero-order valence-corrected chi connectivity index (χ0v) is 10.2. The molecule has 4 nitrogen and oxygen atoms in total. The number of nitrogens with zero attached hydrogens (tertiary/aromatic N) is 2. The minimum Gasteiger partial charge on any atom is -0.489 e. The van der Waals surface area contributed by atoms with Gasteiger partial charge in [0.1, 0.15) is 12.4 Å². The van der Waals surface area contributed by atoms with Crippen molar-refractivity contribution in [1.29, 1.82) is 0 Å². The summed E-state index contributed by atoms with van der Waals surface area (Å²) in [5, 5.41) is 0. The topological polar surface area (TPSA) is 36.3 Å². The molecule has 0 aliphatic carbocycles. The van der Waals surface area contributed by atoms with Crippen molar-refractivity contribution in [2.45, 2.75) is 18.9 Å². The SMILES string of the molecule is c1ccc(-n2ccnc2)c(OCC2CCCO2)c1. The van der Waals surface area contributed by atoms with Crippen LogP contribution in [0.25, 0.3) is 5.69 Å². The number of para-hydroxylation sites is 2. The van der Waals surface area contributed by atoms with Gasteiger partial charge in [-0.15, -0.1) is 0 Å². The van der Waals surface area contributed by atoms with E-state index < -0.39 is 0 Å². The van der Waals surface area contributed by atoms with E-state index in [1.807, 2.05) is 35.0 Å². The highest BCUT2D eigenvalue weighted by atomic mass is 16.5. The quantitative estimate of drug-likeness (QED) is 0.828. The van der Waals surface area contributed by atoms with Gasteiger partial charge in [0, 0.05) is 19.0 Å². The van der Waals surface area contributed by atoms with E-state index in [9.17, 15) is 0 Å². The second-order valence-electron chi connectivity index (χ2n) is 4.38. The molecule has 0 bridgehead atoms. The van der Waals surface area contributed by atoms with E-state index in [2.05, 4.69) is 4.98 Å². The summed E-state index contributed by atoms with van der Waals surface area (Å²) in [5.74, 6) is 0.867. The molecule has 18 heavy (non-hydrogen) atoms. The summed E-state index contributed by atoms with van der Waals surface area (Å²) in [6.07, 6.45) is 7.91. The van der Waals surface area contributed by atoms with Gasteiger partial charge in [-0.2, -0.15) is 0 Å². The van der Waals surface area contributed by atoms with Crippen molar-refractivity contribution in [1.82, 2.24) is 9.55 Å². The van der Waals surface area contributed by atoms with Gasteiger partial charge in [-0.3, -0.25) is 0 Å². The number of ether oxygens (including phenoxy) is 2. The summed E-state index contributed by atoms with van der Waals surface area (Å²) < 4.78 is 13.4. The van der Waals surface area contributed by atoms with E-state index in [1.165, 1.54) is 0 Å². The van der Waals surface area contributed by atoms with Crippen LogP contribution in [0.3, 0.4) is 0 Å². The maximum Gasteiger partial charge on any atom is 0.143 e. The maximum absolute atomic E-state index is 5.87. The summed E-state index contributed by atoms with van der Waals surface area (Å²) >= 11 is 0. The third-order valence-corrected chi connectivity index (χ3v) is 3.10. The van der Waals surface area contributed by atoms with Crippen LogP contribution in [0.4, 0.5) is 0 Å². The van der Waals surface area contributed by atoms with E-state index in [1.54, 1.807) is 12.5 Å². The Labute approximate surface area is 106 Å². The van der Waals surface area contributed by atoms with Gasteiger partial charge in [0.05, 0.1) is 18.1 Å². The van der Waals surface area contributed by atoms with Crippen LogP contribution in [0.15, 0.2) is 43.0 Å². The van der Waals surface area contributed by atoms with Gasteiger partial charge in [-0.25, -0.2) is 4.98 Å². The monoisotopic (exact) mass is 244 g/mol. The lowest BCUT2D eigenvalue weighted by Crippen LogP contribution is -2.16. The first kappa shape index (κ1) is 11.3. The molecule has 0 radical (unpaired) electrons. The molecule has 4 heteroatoms. The zero-order valence-electron chi connectivity index (χ0n) is 10.2. The average molecular weight is 244 g/mol. The van der Waals surface area contributed by atoms with Crippen molar-refractivity contribution in [3.05, 3.63) is 43.0 Å². The normalized spacial score (nSPS) is 19.0. The van der Waals surface area contributed by atoms with Crippen molar-refractivity contribution in [3.63, 3.8) is 0 Å². The van der Waals surface area contributed by atoms with E-state index in [4.69, 9.17) is 9.47 Å². The molecule has 2 heterocycles. The molecule has 1 fully saturated rings. The second-order valence-corrected chi connectivity index (χ2v) is 4.38. The Balaban J connectivity index is 1.75. The minimum absolute atomic E-state index is 0.237. The molecule has 1 saturated heterocycles. The average Bonchev–Trinajstić information content (AvgIpc) is 3.10.